The minimum Gasteiger partial charge on any atom is -0.279 e. The van der Waals surface area contributed by atoms with Crippen LogP contribution in [0.4, 0.5) is 0 Å². The zero-order valence-electron chi connectivity index (χ0n) is 8.16. The van der Waals surface area contributed by atoms with Gasteiger partial charge in [0, 0.05) is 19.5 Å². The maximum absolute atomic E-state index is 11.6. The molecule has 1 saturated carbocycles. The monoisotopic (exact) mass is 181 g/mol. The second kappa shape index (κ2) is 3.01. The molecule has 0 atom stereocenters. The molecular formula is C9H15N3O. The van der Waals surface area contributed by atoms with E-state index in [4.69, 9.17) is 0 Å². The van der Waals surface area contributed by atoms with E-state index in [9.17, 15) is 4.79 Å². The first-order valence-electron chi connectivity index (χ1n) is 4.87. The molecule has 0 aliphatic heterocycles. The fourth-order valence-corrected chi connectivity index (χ4v) is 1.60. The summed E-state index contributed by atoms with van der Waals surface area (Å²) in [7, 11) is 1.72. The normalized spacial score (nSPS) is 16.5. The number of aryl methyl sites for hydroxylation is 1. The SMILES string of the molecule is CCCn1c(C2CC2)nn(C)c1=O. The Hall–Kier alpha value is -1.06. The largest absolute Gasteiger partial charge is 0.345 e. The highest BCUT2D eigenvalue weighted by Gasteiger charge is 2.29. The van der Waals surface area contributed by atoms with E-state index < -0.39 is 0 Å². The number of hydrogen-bond acceptors (Lipinski definition) is 2. The summed E-state index contributed by atoms with van der Waals surface area (Å²) < 4.78 is 3.26. The Balaban J connectivity index is 2.41. The van der Waals surface area contributed by atoms with Gasteiger partial charge in [0.1, 0.15) is 5.82 Å². The Kier molecular flexibility index (Phi) is 1.98. The van der Waals surface area contributed by atoms with Crippen LogP contribution >= 0.6 is 0 Å². The van der Waals surface area contributed by atoms with Crippen LogP contribution in [0.25, 0.3) is 0 Å². The quantitative estimate of drug-likeness (QED) is 0.694. The van der Waals surface area contributed by atoms with Gasteiger partial charge in [0.15, 0.2) is 0 Å². The second-order valence-corrected chi connectivity index (χ2v) is 3.69. The van der Waals surface area contributed by atoms with Gasteiger partial charge in [-0.25, -0.2) is 9.48 Å². The molecule has 4 nitrogen and oxygen atoms in total. The van der Waals surface area contributed by atoms with Crippen molar-refractivity contribution in [2.45, 2.75) is 38.6 Å². The molecule has 1 fully saturated rings. The van der Waals surface area contributed by atoms with Crippen LogP contribution in [-0.4, -0.2) is 14.3 Å². The van der Waals surface area contributed by atoms with Gasteiger partial charge < -0.3 is 0 Å². The predicted molar refractivity (Wildman–Crippen MR) is 49.7 cm³/mol. The molecule has 0 amide bonds. The van der Waals surface area contributed by atoms with Gasteiger partial charge in [-0.2, -0.15) is 5.10 Å². The molecule has 72 valence electrons. The Labute approximate surface area is 77.2 Å². The van der Waals surface area contributed by atoms with Gasteiger partial charge in [0.2, 0.25) is 0 Å². The van der Waals surface area contributed by atoms with E-state index in [2.05, 4.69) is 12.0 Å². The van der Waals surface area contributed by atoms with E-state index in [-0.39, 0.29) is 5.69 Å². The van der Waals surface area contributed by atoms with Crippen LogP contribution in [0.1, 0.15) is 37.9 Å². The third-order valence-corrected chi connectivity index (χ3v) is 2.43. The maximum atomic E-state index is 11.6. The fourth-order valence-electron chi connectivity index (χ4n) is 1.60. The van der Waals surface area contributed by atoms with Crippen molar-refractivity contribution in [3.63, 3.8) is 0 Å². The molecule has 2 rings (SSSR count). The summed E-state index contributed by atoms with van der Waals surface area (Å²) >= 11 is 0. The van der Waals surface area contributed by atoms with Crippen LogP contribution in [0.2, 0.25) is 0 Å². The van der Waals surface area contributed by atoms with Crippen molar-refractivity contribution in [3.8, 4) is 0 Å². The van der Waals surface area contributed by atoms with Crippen LogP contribution in [0, 0.1) is 0 Å². The highest BCUT2D eigenvalue weighted by atomic mass is 16.2. The smallest absolute Gasteiger partial charge is 0.279 e. The summed E-state index contributed by atoms with van der Waals surface area (Å²) in [6.45, 7) is 2.88. The van der Waals surface area contributed by atoms with E-state index in [1.165, 1.54) is 17.5 Å². The summed E-state index contributed by atoms with van der Waals surface area (Å²) in [6.07, 6.45) is 3.38. The van der Waals surface area contributed by atoms with Gasteiger partial charge in [-0.1, -0.05) is 6.92 Å². The van der Waals surface area contributed by atoms with Crippen LogP contribution in [0.5, 0.6) is 0 Å². The van der Waals surface area contributed by atoms with E-state index >= 15 is 0 Å². The zero-order chi connectivity index (χ0) is 9.42. The van der Waals surface area contributed by atoms with E-state index in [1.807, 2.05) is 4.57 Å². The summed E-state index contributed by atoms with van der Waals surface area (Å²) in [5.74, 6) is 1.55. The second-order valence-electron chi connectivity index (χ2n) is 3.69. The molecule has 0 radical (unpaired) electrons. The lowest BCUT2D eigenvalue weighted by Crippen LogP contribution is -2.23. The lowest BCUT2D eigenvalue weighted by Gasteiger charge is -2.00. The molecule has 4 heteroatoms. The third kappa shape index (κ3) is 1.41. The first kappa shape index (κ1) is 8.53. The lowest BCUT2D eigenvalue weighted by atomic mass is 10.4. The predicted octanol–water partition coefficient (Wildman–Crippen LogP) is 0.869. The molecule has 0 saturated heterocycles. The molecular weight excluding hydrogens is 166 g/mol. The van der Waals surface area contributed by atoms with Crippen molar-refractivity contribution in [2.75, 3.05) is 0 Å². The number of rotatable bonds is 3. The van der Waals surface area contributed by atoms with Crippen LogP contribution < -0.4 is 5.69 Å². The van der Waals surface area contributed by atoms with Crippen molar-refractivity contribution < 1.29 is 0 Å². The Bertz CT molecular complexity index is 359. The highest BCUT2D eigenvalue weighted by Crippen LogP contribution is 2.38. The Morgan fingerprint density at radius 3 is 2.77 bits per heavy atom. The number of aromatic nitrogens is 3. The molecule has 1 aliphatic rings. The minimum atomic E-state index is 0.0313. The summed E-state index contributed by atoms with van der Waals surface area (Å²) in [5.41, 5.74) is 0.0313. The third-order valence-electron chi connectivity index (χ3n) is 2.43. The first-order valence-corrected chi connectivity index (χ1v) is 4.87. The molecule has 1 aromatic heterocycles. The molecule has 0 bridgehead atoms. The van der Waals surface area contributed by atoms with E-state index in [0.29, 0.717) is 5.92 Å². The molecule has 0 spiro atoms. The van der Waals surface area contributed by atoms with Crippen LogP contribution in [-0.2, 0) is 13.6 Å². The fraction of sp³-hybridized carbons (Fsp3) is 0.778. The highest BCUT2D eigenvalue weighted by molar-refractivity contribution is 5.05. The van der Waals surface area contributed by atoms with Crippen molar-refractivity contribution in [3.05, 3.63) is 16.3 Å². The average Bonchev–Trinajstić information content (AvgIpc) is 2.89. The number of nitrogens with zero attached hydrogens (tertiary/aromatic N) is 3. The van der Waals surface area contributed by atoms with Crippen molar-refractivity contribution >= 4 is 0 Å². The molecule has 1 aromatic rings. The summed E-state index contributed by atoms with van der Waals surface area (Å²) in [4.78, 5) is 11.6. The van der Waals surface area contributed by atoms with E-state index in [0.717, 1.165) is 18.8 Å². The standard InChI is InChI=1S/C9H15N3O/c1-3-6-12-8(7-4-5-7)10-11(2)9(12)13/h7H,3-6H2,1-2H3. The van der Waals surface area contributed by atoms with Crippen molar-refractivity contribution in [2.24, 2.45) is 7.05 Å². The average molecular weight is 181 g/mol. The van der Waals surface area contributed by atoms with Crippen molar-refractivity contribution in [1.29, 1.82) is 0 Å². The van der Waals surface area contributed by atoms with E-state index in [1.54, 1.807) is 7.05 Å². The lowest BCUT2D eigenvalue weighted by molar-refractivity contribution is 0.614. The Morgan fingerprint density at radius 2 is 2.23 bits per heavy atom. The zero-order valence-corrected chi connectivity index (χ0v) is 8.16. The van der Waals surface area contributed by atoms with Gasteiger partial charge >= 0.3 is 5.69 Å². The molecule has 0 N–H and O–H groups in total. The minimum absolute atomic E-state index is 0.0313. The first-order chi connectivity index (χ1) is 6.24. The molecule has 0 aromatic carbocycles. The van der Waals surface area contributed by atoms with Gasteiger partial charge in [-0.15, -0.1) is 0 Å². The topological polar surface area (TPSA) is 39.8 Å². The summed E-state index contributed by atoms with van der Waals surface area (Å²) in [5, 5.41) is 4.26. The Morgan fingerprint density at radius 1 is 1.54 bits per heavy atom. The van der Waals surface area contributed by atoms with Gasteiger partial charge in [0.05, 0.1) is 0 Å². The van der Waals surface area contributed by atoms with Crippen LogP contribution in [0.15, 0.2) is 4.79 Å². The van der Waals surface area contributed by atoms with Crippen molar-refractivity contribution in [1.82, 2.24) is 14.3 Å². The molecule has 1 heterocycles. The molecule has 13 heavy (non-hydrogen) atoms. The van der Waals surface area contributed by atoms with Gasteiger partial charge in [0.25, 0.3) is 0 Å². The molecule has 0 unspecified atom stereocenters. The maximum Gasteiger partial charge on any atom is 0.345 e. The summed E-state index contributed by atoms with van der Waals surface area (Å²) in [6, 6.07) is 0. The number of hydrogen-bond donors (Lipinski definition) is 0. The van der Waals surface area contributed by atoms with Gasteiger partial charge in [-0.3, -0.25) is 4.57 Å². The van der Waals surface area contributed by atoms with Gasteiger partial charge in [-0.05, 0) is 19.3 Å². The van der Waals surface area contributed by atoms with Crippen LogP contribution in [0.3, 0.4) is 0 Å². The molecule has 1 aliphatic carbocycles.